The highest BCUT2D eigenvalue weighted by atomic mass is 14.5. The zero-order chi connectivity index (χ0) is 18.0. The van der Waals surface area contributed by atoms with E-state index < -0.39 is 0 Å². The van der Waals surface area contributed by atoms with Crippen molar-refractivity contribution in [3.8, 4) is 0 Å². The fourth-order valence-corrected chi connectivity index (χ4v) is 4.14. The monoisotopic (exact) mass is 339 g/mol. The van der Waals surface area contributed by atoms with Crippen LogP contribution in [0.25, 0.3) is 0 Å². The molecule has 0 fully saturated rings. The van der Waals surface area contributed by atoms with Gasteiger partial charge in [0.15, 0.2) is 0 Å². The van der Waals surface area contributed by atoms with E-state index in [1.807, 2.05) is 0 Å². The largest absolute Gasteiger partial charge is 0.330 e. The van der Waals surface area contributed by atoms with Gasteiger partial charge in [-0.3, -0.25) is 0 Å². The Morgan fingerprint density at radius 2 is 1.04 bits per heavy atom. The lowest BCUT2D eigenvalue weighted by Crippen LogP contribution is -2.19. The summed E-state index contributed by atoms with van der Waals surface area (Å²) in [5.74, 6) is 2.70. The van der Waals surface area contributed by atoms with Gasteiger partial charge in [0.25, 0.3) is 0 Å². The molecule has 2 N–H and O–H groups in total. The second-order valence-corrected chi connectivity index (χ2v) is 8.47. The number of nitrogens with two attached hydrogens (primary N) is 1. The average molecular weight is 340 g/mol. The topological polar surface area (TPSA) is 26.0 Å². The third kappa shape index (κ3) is 14.3. The first kappa shape index (κ1) is 24.0. The lowest BCUT2D eigenvalue weighted by atomic mass is 9.79. The average Bonchev–Trinajstić information content (AvgIpc) is 2.55. The molecule has 0 radical (unpaired) electrons. The summed E-state index contributed by atoms with van der Waals surface area (Å²) in [6, 6.07) is 0. The van der Waals surface area contributed by atoms with Crippen LogP contribution < -0.4 is 5.73 Å². The molecular formula is C23H49N. The van der Waals surface area contributed by atoms with Gasteiger partial charge in [0.1, 0.15) is 0 Å². The molecule has 2 atom stereocenters. The molecule has 0 aliphatic rings. The summed E-state index contributed by atoms with van der Waals surface area (Å²) >= 11 is 0. The van der Waals surface area contributed by atoms with E-state index in [9.17, 15) is 0 Å². The lowest BCUT2D eigenvalue weighted by Gasteiger charge is -2.27. The lowest BCUT2D eigenvalue weighted by molar-refractivity contribution is 0.249. The first-order valence-corrected chi connectivity index (χ1v) is 11.4. The van der Waals surface area contributed by atoms with Gasteiger partial charge in [-0.1, -0.05) is 118 Å². The van der Waals surface area contributed by atoms with Crippen molar-refractivity contribution in [1.82, 2.24) is 0 Å². The minimum absolute atomic E-state index is 0.870. The zero-order valence-electron chi connectivity index (χ0n) is 17.6. The zero-order valence-corrected chi connectivity index (χ0v) is 17.6. The van der Waals surface area contributed by atoms with E-state index >= 15 is 0 Å². The molecule has 24 heavy (non-hydrogen) atoms. The smallest absolute Gasteiger partial charge is 0.00745 e. The van der Waals surface area contributed by atoms with Crippen molar-refractivity contribution in [1.29, 1.82) is 0 Å². The van der Waals surface area contributed by atoms with Crippen LogP contribution in [0.1, 0.15) is 124 Å². The van der Waals surface area contributed by atoms with E-state index in [-0.39, 0.29) is 0 Å². The molecule has 2 unspecified atom stereocenters. The van der Waals surface area contributed by atoms with Gasteiger partial charge in [-0.05, 0) is 30.7 Å². The molecule has 0 aliphatic heterocycles. The van der Waals surface area contributed by atoms with Crippen LogP contribution in [0, 0.1) is 17.8 Å². The van der Waals surface area contributed by atoms with Crippen LogP contribution in [0.4, 0.5) is 0 Å². The van der Waals surface area contributed by atoms with Crippen molar-refractivity contribution < 1.29 is 0 Å². The Morgan fingerprint density at radius 1 is 0.542 bits per heavy atom. The fourth-order valence-electron chi connectivity index (χ4n) is 4.14. The molecule has 0 amide bonds. The molecule has 0 bridgehead atoms. The van der Waals surface area contributed by atoms with E-state index in [0.29, 0.717) is 0 Å². The third-order valence-electron chi connectivity index (χ3n) is 5.65. The Morgan fingerprint density at radius 3 is 1.58 bits per heavy atom. The van der Waals surface area contributed by atoms with Crippen molar-refractivity contribution in [2.24, 2.45) is 23.5 Å². The van der Waals surface area contributed by atoms with E-state index in [4.69, 9.17) is 5.73 Å². The molecule has 0 aromatic heterocycles. The molecule has 1 heteroatoms. The SMILES string of the molecule is CCCCCCCCC(CCN)C(CCC)CCCCCC(C)C. The van der Waals surface area contributed by atoms with Gasteiger partial charge < -0.3 is 5.73 Å². The van der Waals surface area contributed by atoms with Crippen LogP contribution in [-0.2, 0) is 0 Å². The number of rotatable bonds is 18. The van der Waals surface area contributed by atoms with Gasteiger partial charge >= 0.3 is 0 Å². The highest BCUT2D eigenvalue weighted by Crippen LogP contribution is 2.31. The van der Waals surface area contributed by atoms with Crippen molar-refractivity contribution in [2.45, 2.75) is 124 Å². The van der Waals surface area contributed by atoms with Gasteiger partial charge in [0.2, 0.25) is 0 Å². The standard InChI is InChI=1S/C23H49N/c1-5-7-8-9-10-13-18-23(19-20-24)22(15-6-2)17-14-11-12-16-21(3)4/h21-23H,5-20,24H2,1-4H3. The first-order chi connectivity index (χ1) is 11.7. The van der Waals surface area contributed by atoms with Crippen LogP contribution in [0.3, 0.4) is 0 Å². The minimum Gasteiger partial charge on any atom is -0.330 e. The third-order valence-corrected chi connectivity index (χ3v) is 5.65. The summed E-state index contributed by atoms with van der Waals surface area (Å²) in [6.45, 7) is 10.2. The highest BCUT2D eigenvalue weighted by molar-refractivity contribution is 4.71. The fraction of sp³-hybridized carbons (Fsp3) is 1.00. The van der Waals surface area contributed by atoms with Gasteiger partial charge in [-0.2, -0.15) is 0 Å². The van der Waals surface area contributed by atoms with E-state index in [1.165, 1.54) is 96.3 Å². The molecular weight excluding hydrogens is 290 g/mol. The van der Waals surface area contributed by atoms with Gasteiger partial charge in [-0.25, -0.2) is 0 Å². The highest BCUT2D eigenvalue weighted by Gasteiger charge is 2.19. The van der Waals surface area contributed by atoms with Gasteiger partial charge in [0.05, 0.1) is 0 Å². The Hall–Kier alpha value is -0.0400. The van der Waals surface area contributed by atoms with E-state index in [1.54, 1.807) is 0 Å². The maximum atomic E-state index is 5.94. The Balaban J connectivity index is 4.09. The maximum absolute atomic E-state index is 5.94. The number of unbranched alkanes of at least 4 members (excludes halogenated alkanes) is 7. The van der Waals surface area contributed by atoms with Crippen LogP contribution in [0.15, 0.2) is 0 Å². The van der Waals surface area contributed by atoms with Crippen molar-refractivity contribution in [3.63, 3.8) is 0 Å². The van der Waals surface area contributed by atoms with Gasteiger partial charge in [0, 0.05) is 0 Å². The van der Waals surface area contributed by atoms with E-state index in [0.717, 1.165) is 24.3 Å². The Labute approximate surface area is 154 Å². The normalized spacial score (nSPS) is 14.2. The van der Waals surface area contributed by atoms with Crippen molar-refractivity contribution in [3.05, 3.63) is 0 Å². The first-order valence-electron chi connectivity index (χ1n) is 11.4. The molecule has 0 aromatic rings. The van der Waals surface area contributed by atoms with Crippen LogP contribution in [0.5, 0.6) is 0 Å². The van der Waals surface area contributed by atoms with Crippen LogP contribution >= 0.6 is 0 Å². The quantitative estimate of drug-likeness (QED) is 0.254. The molecule has 0 aromatic carbocycles. The molecule has 146 valence electrons. The number of hydrogen-bond donors (Lipinski definition) is 1. The van der Waals surface area contributed by atoms with Crippen LogP contribution in [0.2, 0.25) is 0 Å². The van der Waals surface area contributed by atoms with Crippen molar-refractivity contribution in [2.75, 3.05) is 6.54 Å². The Kier molecular flexibility index (Phi) is 17.7. The minimum atomic E-state index is 0.870. The summed E-state index contributed by atoms with van der Waals surface area (Å²) in [6.07, 6.45) is 21.1. The molecule has 0 saturated carbocycles. The summed E-state index contributed by atoms with van der Waals surface area (Å²) < 4.78 is 0. The molecule has 1 nitrogen and oxygen atoms in total. The molecule has 0 rings (SSSR count). The van der Waals surface area contributed by atoms with E-state index in [2.05, 4.69) is 27.7 Å². The predicted octanol–water partition coefficient (Wildman–Crippen LogP) is 7.72. The van der Waals surface area contributed by atoms with Crippen molar-refractivity contribution >= 4 is 0 Å². The summed E-state index contributed by atoms with van der Waals surface area (Å²) in [4.78, 5) is 0. The Bertz CT molecular complexity index is 236. The molecule has 0 heterocycles. The summed E-state index contributed by atoms with van der Waals surface area (Å²) in [5, 5.41) is 0. The molecule has 0 aliphatic carbocycles. The number of hydrogen-bond acceptors (Lipinski definition) is 1. The van der Waals surface area contributed by atoms with Crippen LogP contribution in [-0.4, -0.2) is 6.54 Å². The molecule has 0 saturated heterocycles. The van der Waals surface area contributed by atoms with Gasteiger partial charge in [-0.15, -0.1) is 0 Å². The summed E-state index contributed by atoms with van der Waals surface area (Å²) in [5.41, 5.74) is 5.94. The predicted molar refractivity (Wildman–Crippen MR) is 111 cm³/mol. The second kappa shape index (κ2) is 17.8. The second-order valence-electron chi connectivity index (χ2n) is 8.47. The maximum Gasteiger partial charge on any atom is -0.00745 e. The summed E-state index contributed by atoms with van der Waals surface area (Å²) in [7, 11) is 0. The molecule has 0 spiro atoms.